The van der Waals surface area contributed by atoms with Crippen LogP contribution < -0.4 is 14.8 Å². The van der Waals surface area contributed by atoms with Crippen LogP contribution in [0.15, 0.2) is 66.7 Å². The number of hydrogen-bond donors (Lipinski definition) is 1. The van der Waals surface area contributed by atoms with Gasteiger partial charge in [0.1, 0.15) is 0 Å². The molecule has 3 nitrogen and oxygen atoms in total. The number of nitrogens with one attached hydrogen (secondary N) is 1. The van der Waals surface area contributed by atoms with E-state index in [-0.39, 0.29) is 6.04 Å². The summed E-state index contributed by atoms with van der Waals surface area (Å²) < 4.78 is 10.9. The summed E-state index contributed by atoms with van der Waals surface area (Å²) >= 11 is 0. The third-order valence-corrected chi connectivity index (χ3v) is 4.78. The zero-order chi connectivity index (χ0) is 15.9. The van der Waals surface area contributed by atoms with Gasteiger partial charge in [0.2, 0.25) is 6.79 Å². The van der Waals surface area contributed by atoms with Gasteiger partial charge in [-0.25, -0.2) is 0 Å². The van der Waals surface area contributed by atoms with Crippen LogP contribution in [0.1, 0.15) is 22.7 Å². The smallest absolute Gasteiger partial charge is 0.231 e. The summed E-state index contributed by atoms with van der Waals surface area (Å²) in [5, 5.41) is 3.71. The van der Waals surface area contributed by atoms with E-state index < -0.39 is 0 Å². The second-order valence-corrected chi connectivity index (χ2v) is 6.18. The normalized spacial score (nSPS) is 14.5. The Hall–Kier alpha value is -2.78. The Bertz CT molecular complexity index is 874. The van der Waals surface area contributed by atoms with Crippen molar-refractivity contribution in [1.29, 1.82) is 0 Å². The maximum absolute atomic E-state index is 5.47. The Morgan fingerprint density at radius 3 is 2.21 bits per heavy atom. The molecule has 0 aromatic heterocycles. The van der Waals surface area contributed by atoms with Crippen molar-refractivity contribution >= 4 is 0 Å². The lowest BCUT2D eigenvalue weighted by atomic mass is 10.0. The monoisotopic (exact) mass is 315 g/mol. The van der Waals surface area contributed by atoms with Gasteiger partial charge in [-0.2, -0.15) is 0 Å². The van der Waals surface area contributed by atoms with Gasteiger partial charge in [0.15, 0.2) is 11.5 Å². The first-order chi connectivity index (χ1) is 11.9. The fraction of sp³-hybridized carbons (Fsp3) is 0.143. The summed E-state index contributed by atoms with van der Waals surface area (Å²) in [4.78, 5) is 0. The molecule has 0 radical (unpaired) electrons. The fourth-order valence-corrected chi connectivity index (χ4v) is 3.65. The van der Waals surface area contributed by atoms with E-state index >= 15 is 0 Å². The van der Waals surface area contributed by atoms with Gasteiger partial charge < -0.3 is 14.8 Å². The Morgan fingerprint density at radius 1 is 0.792 bits per heavy atom. The van der Waals surface area contributed by atoms with Crippen LogP contribution in [0.25, 0.3) is 11.1 Å². The molecule has 24 heavy (non-hydrogen) atoms. The van der Waals surface area contributed by atoms with Gasteiger partial charge in [-0.05, 0) is 39.9 Å². The highest BCUT2D eigenvalue weighted by Crippen LogP contribution is 2.43. The maximum atomic E-state index is 5.47. The van der Waals surface area contributed by atoms with E-state index in [1.54, 1.807) is 0 Å². The van der Waals surface area contributed by atoms with Crippen molar-refractivity contribution < 1.29 is 9.47 Å². The van der Waals surface area contributed by atoms with Gasteiger partial charge in [0, 0.05) is 6.54 Å². The molecule has 0 saturated carbocycles. The summed E-state index contributed by atoms with van der Waals surface area (Å²) in [6.07, 6.45) is 0. The Labute approximate surface area is 140 Å². The molecule has 1 N–H and O–H groups in total. The van der Waals surface area contributed by atoms with Crippen molar-refractivity contribution in [2.24, 2.45) is 0 Å². The van der Waals surface area contributed by atoms with E-state index in [1.807, 2.05) is 6.07 Å². The van der Waals surface area contributed by atoms with Crippen LogP contribution in [-0.4, -0.2) is 6.79 Å². The second-order valence-electron chi connectivity index (χ2n) is 6.18. The molecule has 1 aliphatic heterocycles. The van der Waals surface area contributed by atoms with Crippen molar-refractivity contribution in [3.63, 3.8) is 0 Å². The predicted molar refractivity (Wildman–Crippen MR) is 93.1 cm³/mol. The SMILES string of the molecule is c1ccc2c(c1)-c1ccccc1C2NCc1ccc2c(c1)OCO2. The number of rotatable bonds is 3. The van der Waals surface area contributed by atoms with Gasteiger partial charge in [0.05, 0.1) is 6.04 Å². The molecule has 0 spiro atoms. The summed E-state index contributed by atoms with van der Waals surface area (Å²) in [6, 6.07) is 23.6. The molecule has 3 aromatic carbocycles. The van der Waals surface area contributed by atoms with Gasteiger partial charge in [-0.3, -0.25) is 0 Å². The highest BCUT2D eigenvalue weighted by atomic mass is 16.7. The third-order valence-electron chi connectivity index (χ3n) is 4.78. The molecule has 3 aromatic rings. The molecule has 5 rings (SSSR count). The quantitative estimate of drug-likeness (QED) is 0.783. The lowest BCUT2D eigenvalue weighted by Crippen LogP contribution is -2.20. The molecule has 0 fully saturated rings. The third kappa shape index (κ3) is 2.09. The molecular formula is C21H17NO2. The summed E-state index contributed by atoms with van der Waals surface area (Å²) in [5.74, 6) is 1.66. The molecule has 0 bridgehead atoms. The van der Waals surface area contributed by atoms with Crippen LogP contribution in [0.4, 0.5) is 0 Å². The molecule has 3 heteroatoms. The summed E-state index contributed by atoms with van der Waals surface area (Å²) in [5.41, 5.74) is 6.55. The molecule has 0 saturated heterocycles. The zero-order valence-electron chi connectivity index (χ0n) is 13.2. The van der Waals surface area contributed by atoms with E-state index in [4.69, 9.17) is 9.47 Å². The van der Waals surface area contributed by atoms with E-state index in [9.17, 15) is 0 Å². The number of hydrogen-bond acceptors (Lipinski definition) is 3. The lowest BCUT2D eigenvalue weighted by molar-refractivity contribution is 0.174. The molecular weight excluding hydrogens is 298 g/mol. The van der Waals surface area contributed by atoms with Crippen LogP contribution in [0.2, 0.25) is 0 Å². The summed E-state index contributed by atoms with van der Waals surface area (Å²) in [6.45, 7) is 1.10. The molecule has 0 amide bonds. The highest BCUT2D eigenvalue weighted by molar-refractivity contribution is 5.78. The van der Waals surface area contributed by atoms with E-state index in [0.29, 0.717) is 6.79 Å². The summed E-state index contributed by atoms with van der Waals surface area (Å²) in [7, 11) is 0. The Kier molecular flexibility index (Phi) is 3.06. The first-order valence-corrected chi connectivity index (χ1v) is 8.20. The zero-order valence-corrected chi connectivity index (χ0v) is 13.2. The van der Waals surface area contributed by atoms with E-state index in [1.165, 1.54) is 27.8 Å². The first-order valence-electron chi connectivity index (χ1n) is 8.20. The lowest BCUT2D eigenvalue weighted by Gasteiger charge is -2.16. The topological polar surface area (TPSA) is 30.5 Å². The molecule has 0 unspecified atom stereocenters. The fourth-order valence-electron chi connectivity index (χ4n) is 3.65. The minimum absolute atomic E-state index is 0.225. The largest absolute Gasteiger partial charge is 0.454 e. The van der Waals surface area contributed by atoms with Crippen LogP contribution in [0, 0.1) is 0 Å². The standard InChI is InChI=1S/C21H17NO2/c1-3-7-17-15(5-1)16-6-2-4-8-18(16)21(17)22-12-14-9-10-19-20(11-14)24-13-23-19/h1-11,21-22H,12-13H2. The molecule has 1 aliphatic carbocycles. The Morgan fingerprint density at radius 2 is 1.46 bits per heavy atom. The van der Waals surface area contributed by atoms with E-state index in [0.717, 1.165) is 18.0 Å². The molecule has 118 valence electrons. The van der Waals surface area contributed by atoms with Gasteiger partial charge in [-0.1, -0.05) is 54.6 Å². The van der Waals surface area contributed by atoms with Crippen molar-refractivity contribution in [3.8, 4) is 22.6 Å². The van der Waals surface area contributed by atoms with Gasteiger partial charge in [0.25, 0.3) is 0 Å². The molecule has 1 heterocycles. The average Bonchev–Trinajstić information content (AvgIpc) is 3.22. The van der Waals surface area contributed by atoms with Crippen LogP contribution in [-0.2, 0) is 6.54 Å². The number of ether oxygens (including phenoxy) is 2. The van der Waals surface area contributed by atoms with Crippen molar-refractivity contribution in [2.75, 3.05) is 6.79 Å². The van der Waals surface area contributed by atoms with Crippen molar-refractivity contribution in [1.82, 2.24) is 5.32 Å². The second kappa shape index (κ2) is 5.39. The average molecular weight is 315 g/mol. The van der Waals surface area contributed by atoms with Gasteiger partial charge in [-0.15, -0.1) is 0 Å². The first kappa shape index (κ1) is 13.6. The van der Waals surface area contributed by atoms with Crippen LogP contribution in [0.3, 0.4) is 0 Å². The Balaban J connectivity index is 1.45. The minimum atomic E-state index is 0.225. The van der Waals surface area contributed by atoms with Gasteiger partial charge >= 0.3 is 0 Å². The van der Waals surface area contributed by atoms with E-state index in [2.05, 4.69) is 66.0 Å². The van der Waals surface area contributed by atoms with Crippen LogP contribution in [0.5, 0.6) is 11.5 Å². The number of benzene rings is 3. The van der Waals surface area contributed by atoms with Crippen LogP contribution >= 0.6 is 0 Å². The van der Waals surface area contributed by atoms with Crippen molar-refractivity contribution in [3.05, 3.63) is 83.4 Å². The predicted octanol–water partition coefficient (Wildman–Crippen LogP) is 4.27. The minimum Gasteiger partial charge on any atom is -0.454 e. The molecule has 2 aliphatic rings. The van der Waals surface area contributed by atoms with Crippen molar-refractivity contribution in [2.45, 2.75) is 12.6 Å². The molecule has 0 atom stereocenters. The number of fused-ring (bicyclic) bond motifs is 4. The highest BCUT2D eigenvalue weighted by Gasteiger charge is 2.27. The maximum Gasteiger partial charge on any atom is 0.231 e.